The predicted octanol–water partition coefficient (Wildman–Crippen LogP) is 3.96. The van der Waals surface area contributed by atoms with E-state index in [9.17, 15) is 0 Å². The molecule has 1 aliphatic heterocycles. The van der Waals surface area contributed by atoms with Crippen molar-refractivity contribution < 1.29 is 4.74 Å². The van der Waals surface area contributed by atoms with Crippen LogP contribution in [0.15, 0.2) is 58.0 Å². The van der Waals surface area contributed by atoms with Crippen LogP contribution in [0.1, 0.15) is 5.56 Å². The number of rotatable bonds is 1. The Morgan fingerprint density at radius 3 is 2.71 bits per heavy atom. The molecule has 17 heavy (non-hydrogen) atoms. The van der Waals surface area contributed by atoms with Crippen LogP contribution in [0.25, 0.3) is 0 Å². The second-order valence-corrected chi connectivity index (χ2v) is 4.74. The van der Waals surface area contributed by atoms with E-state index in [1.54, 1.807) is 0 Å². The van der Waals surface area contributed by atoms with E-state index in [4.69, 9.17) is 4.74 Å². The first-order chi connectivity index (χ1) is 8.33. The maximum atomic E-state index is 5.71. The lowest BCUT2D eigenvalue weighted by Gasteiger charge is -2.17. The molecule has 0 amide bonds. The monoisotopic (exact) mass is 287 g/mol. The first-order valence-corrected chi connectivity index (χ1v) is 6.17. The summed E-state index contributed by atoms with van der Waals surface area (Å²) >= 11 is 3.42. The quantitative estimate of drug-likeness (QED) is 0.778. The molecular weight excluding hydrogens is 278 g/mol. The molecule has 0 atom stereocenters. The van der Waals surface area contributed by atoms with E-state index in [-0.39, 0.29) is 0 Å². The summed E-state index contributed by atoms with van der Waals surface area (Å²) in [5, 5.41) is 0. The van der Waals surface area contributed by atoms with Gasteiger partial charge in [0.1, 0.15) is 18.0 Å². The first kappa shape index (κ1) is 10.5. The molecule has 0 saturated carbocycles. The summed E-state index contributed by atoms with van der Waals surface area (Å²) in [5.74, 6) is 0.832. The van der Waals surface area contributed by atoms with Gasteiger partial charge in [0, 0.05) is 4.47 Å². The van der Waals surface area contributed by atoms with Gasteiger partial charge in [0.15, 0.2) is 0 Å². The first-order valence-electron chi connectivity index (χ1n) is 5.38. The molecule has 2 aromatic rings. The Morgan fingerprint density at radius 2 is 1.88 bits per heavy atom. The van der Waals surface area contributed by atoms with Gasteiger partial charge >= 0.3 is 0 Å². The number of ether oxygens (including phenoxy) is 1. The molecule has 0 radical (unpaired) electrons. The van der Waals surface area contributed by atoms with Crippen LogP contribution in [0, 0.1) is 0 Å². The van der Waals surface area contributed by atoms with Crippen molar-refractivity contribution in [3.63, 3.8) is 0 Å². The van der Waals surface area contributed by atoms with Gasteiger partial charge in [0.2, 0.25) is 0 Å². The van der Waals surface area contributed by atoms with Gasteiger partial charge in [-0.2, -0.15) is 0 Å². The molecule has 0 bridgehead atoms. The molecular formula is C14H10BrNO. The fraction of sp³-hybridized carbons (Fsp3) is 0.0714. The summed E-state index contributed by atoms with van der Waals surface area (Å²) in [7, 11) is 0. The molecule has 2 aromatic carbocycles. The van der Waals surface area contributed by atoms with Gasteiger partial charge in [-0.25, -0.2) is 4.99 Å². The van der Waals surface area contributed by atoms with Crippen molar-refractivity contribution in [3.05, 3.63) is 58.6 Å². The highest BCUT2D eigenvalue weighted by Gasteiger charge is 2.14. The fourth-order valence-corrected chi connectivity index (χ4v) is 2.14. The molecule has 2 nitrogen and oxygen atoms in total. The van der Waals surface area contributed by atoms with E-state index in [1.807, 2.05) is 48.5 Å². The summed E-state index contributed by atoms with van der Waals surface area (Å²) in [6.45, 7) is 0.521. The molecule has 3 heteroatoms. The summed E-state index contributed by atoms with van der Waals surface area (Å²) < 4.78 is 6.72. The highest BCUT2D eigenvalue weighted by atomic mass is 79.9. The molecule has 3 rings (SSSR count). The zero-order valence-corrected chi connectivity index (χ0v) is 10.6. The number of fused-ring (bicyclic) bond motifs is 1. The van der Waals surface area contributed by atoms with Crippen LogP contribution in [0.3, 0.4) is 0 Å². The van der Waals surface area contributed by atoms with Crippen LogP contribution < -0.4 is 4.74 Å². The van der Waals surface area contributed by atoms with Gasteiger partial charge < -0.3 is 4.74 Å². The van der Waals surface area contributed by atoms with Crippen LogP contribution in [-0.4, -0.2) is 12.3 Å². The van der Waals surface area contributed by atoms with E-state index < -0.39 is 0 Å². The Kier molecular flexibility index (Phi) is 2.69. The third kappa shape index (κ3) is 2.11. The molecule has 0 fully saturated rings. The lowest BCUT2D eigenvalue weighted by Crippen LogP contribution is -2.16. The summed E-state index contributed by atoms with van der Waals surface area (Å²) in [6, 6.07) is 16.0. The number of aliphatic imine (C=N–C) groups is 1. The minimum atomic E-state index is 0.521. The van der Waals surface area contributed by atoms with Crippen molar-refractivity contribution in [3.8, 4) is 5.75 Å². The predicted molar refractivity (Wildman–Crippen MR) is 72.3 cm³/mol. The molecule has 0 aromatic heterocycles. The Balaban J connectivity index is 2.03. The van der Waals surface area contributed by atoms with Crippen LogP contribution in [0.2, 0.25) is 0 Å². The highest BCUT2D eigenvalue weighted by molar-refractivity contribution is 9.10. The van der Waals surface area contributed by atoms with Crippen LogP contribution in [0.4, 0.5) is 5.69 Å². The summed E-state index contributed by atoms with van der Waals surface area (Å²) in [6.07, 6.45) is 0. The molecule has 0 unspecified atom stereocenters. The lowest BCUT2D eigenvalue weighted by atomic mass is 10.1. The van der Waals surface area contributed by atoms with E-state index in [2.05, 4.69) is 20.9 Å². The largest absolute Gasteiger partial charge is 0.485 e. The van der Waals surface area contributed by atoms with Gasteiger partial charge in [0.25, 0.3) is 0 Å². The van der Waals surface area contributed by atoms with Crippen molar-refractivity contribution >= 4 is 27.3 Å². The van der Waals surface area contributed by atoms with Gasteiger partial charge in [0.05, 0.1) is 5.71 Å². The number of halogens is 1. The Labute approximate surface area is 108 Å². The molecule has 0 aliphatic carbocycles. The third-order valence-corrected chi connectivity index (χ3v) is 3.14. The smallest absolute Gasteiger partial charge is 0.146 e. The number of hydrogen-bond acceptors (Lipinski definition) is 2. The van der Waals surface area contributed by atoms with E-state index >= 15 is 0 Å². The fourth-order valence-electron chi connectivity index (χ4n) is 1.80. The minimum Gasteiger partial charge on any atom is -0.485 e. The second-order valence-electron chi connectivity index (χ2n) is 3.83. The molecule has 0 saturated heterocycles. The molecule has 0 spiro atoms. The molecule has 1 heterocycles. The maximum absolute atomic E-state index is 5.71. The molecule has 84 valence electrons. The van der Waals surface area contributed by atoms with Crippen LogP contribution in [-0.2, 0) is 0 Å². The minimum absolute atomic E-state index is 0.521. The van der Waals surface area contributed by atoms with Crippen molar-refractivity contribution in [1.29, 1.82) is 0 Å². The Hall–Kier alpha value is -1.61. The van der Waals surface area contributed by atoms with Crippen LogP contribution >= 0.6 is 15.9 Å². The topological polar surface area (TPSA) is 21.6 Å². The van der Waals surface area contributed by atoms with Gasteiger partial charge in [-0.05, 0) is 23.8 Å². The standard InChI is InChI=1S/C14H10BrNO/c15-11-6-7-12-14(8-11)17-9-13(16-12)10-4-2-1-3-5-10/h1-8H,9H2. The average Bonchev–Trinajstić information content (AvgIpc) is 2.39. The van der Waals surface area contributed by atoms with E-state index in [0.717, 1.165) is 27.2 Å². The maximum Gasteiger partial charge on any atom is 0.146 e. The zero-order chi connectivity index (χ0) is 11.7. The van der Waals surface area contributed by atoms with E-state index in [1.165, 1.54) is 0 Å². The summed E-state index contributed by atoms with van der Waals surface area (Å²) in [4.78, 5) is 4.63. The van der Waals surface area contributed by atoms with Crippen molar-refractivity contribution in [2.45, 2.75) is 0 Å². The van der Waals surface area contributed by atoms with Gasteiger partial charge in [-0.1, -0.05) is 46.3 Å². The number of hydrogen-bond donors (Lipinski definition) is 0. The van der Waals surface area contributed by atoms with Crippen LogP contribution in [0.5, 0.6) is 5.75 Å². The normalized spacial score (nSPS) is 13.6. The zero-order valence-electron chi connectivity index (χ0n) is 9.06. The molecule has 1 aliphatic rings. The SMILES string of the molecule is Brc1ccc2c(c1)OCC(c1ccccc1)=N2. The Morgan fingerprint density at radius 1 is 1.06 bits per heavy atom. The van der Waals surface area contributed by atoms with Crippen molar-refractivity contribution in [1.82, 2.24) is 0 Å². The van der Waals surface area contributed by atoms with Crippen molar-refractivity contribution in [2.24, 2.45) is 4.99 Å². The van der Waals surface area contributed by atoms with Gasteiger partial charge in [-0.15, -0.1) is 0 Å². The van der Waals surface area contributed by atoms with Crippen molar-refractivity contribution in [2.75, 3.05) is 6.61 Å². The Bertz CT molecular complexity index is 578. The number of benzene rings is 2. The third-order valence-electron chi connectivity index (χ3n) is 2.65. The summed E-state index contributed by atoms with van der Waals surface area (Å²) in [5.41, 5.74) is 2.97. The number of nitrogens with zero attached hydrogens (tertiary/aromatic N) is 1. The second kappa shape index (κ2) is 4.34. The average molecular weight is 288 g/mol. The lowest BCUT2D eigenvalue weighted by molar-refractivity contribution is 0.372. The van der Waals surface area contributed by atoms with Gasteiger partial charge in [-0.3, -0.25) is 0 Å². The van der Waals surface area contributed by atoms with E-state index in [0.29, 0.717) is 6.61 Å². The highest BCUT2D eigenvalue weighted by Crippen LogP contribution is 2.33. The molecule has 0 N–H and O–H groups in total.